The highest BCUT2D eigenvalue weighted by atomic mass is 79.9. The monoisotopic (exact) mass is 694 g/mol. The predicted molar refractivity (Wildman–Crippen MR) is 173 cm³/mol. The Morgan fingerprint density at radius 3 is 2.36 bits per heavy atom. The number of hydrogen-bond donors (Lipinski definition) is 1. The van der Waals surface area contributed by atoms with E-state index in [2.05, 4.69) is 37.5 Å². The number of carbonyl (C=O) groups is 2. The predicted octanol–water partition coefficient (Wildman–Crippen LogP) is 4.82. The average molecular weight is 696 g/mol. The molecule has 0 atom stereocenters. The van der Waals surface area contributed by atoms with Crippen LogP contribution in [-0.4, -0.2) is 64.7 Å². The van der Waals surface area contributed by atoms with Gasteiger partial charge in [-0.1, -0.05) is 45.9 Å². The van der Waals surface area contributed by atoms with Crippen LogP contribution in [0.1, 0.15) is 41.0 Å². The third-order valence-corrected chi connectivity index (χ3v) is 11.1. The van der Waals surface area contributed by atoms with Gasteiger partial charge in [0.05, 0.1) is 17.2 Å². The molecule has 2 amide bonds. The van der Waals surface area contributed by atoms with Crippen molar-refractivity contribution >= 4 is 55.2 Å². The molecule has 2 aliphatic rings. The van der Waals surface area contributed by atoms with Crippen LogP contribution in [0.2, 0.25) is 0 Å². The zero-order valence-electron chi connectivity index (χ0n) is 23.9. The summed E-state index contributed by atoms with van der Waals surface area (Å²) in [5.41, 5.74) is 3.26. The number of aryl methyl sites for hydroxylation is 1. The van der Waals surface area contributed by atoms with Crippen molar-refractivity contribution in [1.29, 1.82) is 0 Å². The minimum absolute atomic E-state index is 0.00227. The molecular formula is C31H31BrN6O4S2. The molecule has 3 heterocycles. The summed E-state index contributed by atoms with van der Waals surface area (Å²) in [6.45, 7) is 1.79. The first-order valence-electron chi connectivity index (χ1n) is 14.4. The number of amides is 2. The van der Waals surface area contributed by atoms with E-state index in [0.29, 0.717) is 36.2 Å². The molecule has 0 unspecified atom stereocenters. The second kappa shape index (κ2) is 13.2. The van der Waals surface area contributed by atoms with Crippen LogP contribution in [0, 0.1) is 0 Å². The van der Waals surface area contributed by atoms with Crippen molar-refractivity contribution < 1.29 is 18.0 Å². The summed E-state index contributed by atoms with van der Waals surface area (Å²) in [5.74, 6) is 0.306. The summed E-state index contributed by atoms with van der Waals surface area (Å²) >= 11 is 4.77. The molecule has 4 aromatic rings. The summed E-state index contributed by atoms with van der Waals surface area (Å²) in [7, 11) is -3.56. The largest absolute Gasteiger partial charge is 0.345 e. The summed E-state index contributed by atoms with van der Waals surface area (Å²) < 4.78 is 29.9. The molecule has 1 saturated heterocycles. The molecule has 10 nitrogen and oxygen atoms in total. The summed E-state index contributed by atoms with van der Waals surface area (Å²) in [5, 5.41) is 12.1. The summed E-state index contributed by atoms with van der Waals surface area (Å²) in [6.07, 6.45) is 3.59. The Kier molecular flexibility index (Phi) is 9.17. The standard InChI is InChI=1S/C31H31BrN6O4S2/c32-24-11-13-25(14-12-24)38-28(20-33-30(40)23-9-15-26(16-10-23)44(41,42)36-17-3-4-18-36)34-35-31(38)43-21-29(39)37-19-5-7-22-6-1-2-8-27(22)37/h1-2,6,8-16H,3-5,7,17-21H2,(H,33,40). The fraction of sp³-hybridized carbons (Fsp3) is 0.290. The van der Waals surface area contributed by atoms with Gasteiger partial charge in [0.25, 0.3) is 5.91 Å². The molecule has 2 aliphatic heterocycles. The lowest BCUT2D eigenvalue weighted by molar-refractivity contribution is -0.116. The van der Waals surface area contributed by atoms with Gasteiger partial charge in [-0.2, -0.15) is 4.31 Å². The molecule has 1 aromatic heterocycles. The third kappa shape index (κ3) is 6.46. The number of benzene rings is 3. The van der Waals surface area contributed by atoms with Crippen LogP contribution in [-0.2, 0) is 27.8 Å². The number of thioether (sulfide) groups is 1. The lowest BCUT2D eigenvalue weighted by Crippen LogP contribution is -2.36. The molecule has 0 radical (unpaired) electrons. The maximum atomic E-state index is 13.3. The molecule has 44 heavy (non-hydrogen) atoms. The average Bonchev–Trinajstić information content (AvgIpc) is 3.74. The maximum absolute atomic E-state index is 13.3. The second-order valence-corrected chi connectivity index (χ2v) is 14.4. The van der Waals surface area contributed by atoms with E-state index >= 15 is 0 Å². The van der Waals surface area contributed by atoms with Gasteiger partial charge in [-0.05, 0) is 85.8 Å². The number of hydrogen-bond acceptors (Lipinski definition) is 7. The van der Waals surface area contributed by atoms with Gasteiger partial charge in [0.1, 0.15) is 0 Å². The van der Waals surface area contributed by atoms with Gasteiger partial charge in [0.2, 0.25) is 15.9 Å². The minimum Gasteiger partial charge on any atom is -0.345 e. The van der Waals surface area contributed by atoms with Gasteiger partial charge in [0.15, 0.2) is 11.0 Å². The topological polar surface area (TPSA) is 117 Å². The normalized spacial score (nSPS) is 15.2. The van der Waals surface area contributed by atoms with Crippen molar-refractivity contribution in [3.05, 3.63) is 94.2 Å². The van der Waals surface area contributed by atoms with Gasteiger partial charge in [-0.15, -0.1) is 10.2 Å². The Morgan fingerprint density at radius 1 is 0.886 bits per heavy atom. The van der Waals surface area contributed by atoms with E-state index in [-0.39, 0.29) is 29.0 Å². The number of nitrogens with one attached hydrogen (secondary N) is 1. The SMILES string of the molecule is O=C(NCc1nnc(SCC(=O)N2CCCc3ccccc32)n1-c1ccc(Br)cc1)c1ccc(S(=O)(=O)N2CCCC2)cc1. The molecule has 6 rings (SSSR count). The molecule has 0 aliphatic carbocycles. The van der Waals surface area contributed by atoms with Crippen molar-refractivity contribution in [2.75, 3.05) is 30.3 Å². The van der Waals surface area contributed by atoms with Crippen LogP contribution in [0.3, 0.4) is 0 Å². The first-order chi connectivity index (χ1) is 21.3. The number of halogens is 1. The van der Waals surface area contributed by atoms with Crippen molar-refractivity contribution in [2.24, 2.45) is 0 Å². The van der Waals surface area contributed by atoms with E-state index in [0.717, 1.165) is 41.5 Å². The Hall–Kier alpha value is -3.52. The van der Waals surface area contributed by atoms with E-state index in [1.807, 2.05) is 51.9 Å². The number of sulfonamides is 1. The number of rotatable bonds is 9. The van der Waals surface area contributed by atoms with Crippen molar-refractivity contribution in [2.45, 2.75) is 42.3 Å². The highest BCUT2D eigenvalue weighted by Crippen LogP contribution is 2.29. The fourth-order valence-electron chi connectivity index (χ4n) is 5.47. The third-order valence-electron chi connectivity index (χ3n) is 7.75. The summed E-state index contributed by atoms with van der Waals surface area (Å²) in [6, 6.07) is 21.6. The minimum atomic E-state index is -3.56. The first-order valence-corrected chi connectivity index (χ1v) is 17.6. The zero-order valence-corrected chi connectivity index (χ0v) is 27.1. The van der Waals surface area contributed by atoms with E-state index in [1.54, 1.807) is 0 Å². The molecule has 3 aromatic carbocycles. The Morgan fingerprint density at radius 2 is 1.61 bits per heavy atom. The van der Waals surface area contributed by atoms with E-state index in [4.69, 9.17) is 0 Å². The molecule has 13 heteroatoms. The Balaban J connectivity index is 1.16. The molecule has 0 saturated carbocycles. The van der Waals surface area contributed by atoms with Gasteiger partial charge >= 0.3 is 0 Å². The van der Waals surface area contributed by atoms with Crippen LogP contribution in [0.15, 0.2) is 87.3 Å². The second-order valence-electron chi connectivity index (χ2n) is 10.6. The van der Waals surface area contributed by atoms with Gasteiger partial charge < -0.3 is 10.2 Å². The Bertz CT molecular complexity index is 1770. The molecule has 0 bridgehead atoms. The molecule has 1 N–H and O–H groups in total. The lowest BCUT2D eigenvalue weighted by Gasteiger charge is -2.29. The number of aromatic nitrogens is 3. The quantitative estimate of drug-likeness (QED) is 0.250. The van der Waals surface area contributed by atoms with Crippen LogP contribution in [0.25, 0.3) is 5.69 Å². The van der Waals surface area contributed by atoms with Gasteiger partial charge in [0, 0.05) is 41.0 Å². The number of para-hydroxylation sites is 1. The number of anilines is 1. The van der Waals surface area contributed by atoms with E-state index in [1.165, 1.54) is 45.9 Å². The first kappa shape index (κ1) is 30.5. The smallest absolute Gasteiger partial charge is 0.251 e. The molecule has 0 spiro atoms. The highest BCUT2D eigenvalue weighted by Gasteiger charge is 2.27. The van der Waals surface area contributed by atoms with Crippen LogP contribution < -0.4 is 10.2 Å². The maximum Gasteiger partial charge on any atom is 0.251 e. The van der Waals surface area contributed by atoms with Crippen molar-refractivity contribution in [3.8, 4) is 5.69 Å². The van der Waals surface area contributed by atoms with Gasteiger partial charge in [-0.25, -0.2) is 8.42 Å². The van der Waals surface area contributed by atoms with Crippen molar-refractivity contribution in [3.63, 3.8) is 0 Å². The Labute approximate surface area is 269 Å². The zero-order chi connectivity index (χ0) is 30.7. The molecular weight excluding hydrogens is 664 g/mol. The van der Waals surface area contributed by atoms with Crippen molar-refractivity contribution in [1.82, 2.24) is 24.4 Å². The van der Waals surface area contributed by atoms with Gasteiger partial charge in [-0.3, -0.25) is 14.2 Å². The highest BCUT2D eigenvalue weighted by molar-refractivity contribution is 9.10. The van der Waals surface area contributed by atoms with Crippen LogP contribution in [0.5, 0.6) is 0 Å². The van der Waals surface area contributed by atoms with E-state index < -0.39 is 10.0 Å². The molecule has 1 fully saturated rings. The van der Waals surface area contributed by atoms with E-state index in [9.17, 15) is 18.0 Å². The number of carbonyl (C=O) groups excluding carboxylic acids is 2. The van der Waals surface area contributed by atoms with Crippen LogP contribution in [0.4, 0.5) is 5.69 Å². The van der Waals surface area contributed by atoms with Crippen LogP contribution >= 0.6 is 27.7 Å². The lowest BCUT2D eigenvalue weighted by atomic mass is 10.0. The molecule has 228 valence electrons. The number of nitrogens with zero attached hydrogens (tertiary/aromatic N) is 5. The summed E-state index contributed by atoms with van der Waals surface area (Å²) in [4.78, 5) is 28.4. The number of fused-ring (bicyclic) bond motifs is 1. The fourth-order valence-corrected chi connectivity index (χ4v) is 8.10.